The second kappa shape index (κ2) is 6.40. The lowest BCUT2D eigenvalue weighted by molar-refractivity contribution is 0.0620. The highest BCUT2D eigenvalue weighted by Crippen LogP contribution is 2.27. The number of halogens is 1. The van der Waals surface area contributed by atoms with E-state index in [9.17, 15) is 4.79 Å². The highest BCUT2D eigenvalue weighted by Gasteiger charge is 2.28. The predicted octanol–water partition coefficient (Wildman–Crippen LogP) is 3.47. The fraction of sp³-hybridized carbons (Fsp3) is 0.375. The van der Waals surface area contributed by atoms with Gasteiger partial charge < -0.3 is 4.90 Å². The second-order valence-corrected chi connectivity index (χ2v) is 8.18. The van der Waals surface area contributed by atoms with Crippen molar-refractivity contribution in [2.45, 2.75) is 32.2 Å². The van der Waals surface area contributed by atoms with Gasteiger partial charge in [0.1, 0.15) is 5.01 Å². The zero-order valence-corrected chi connectivity index (χ0v) is 16.1. The minimum atomic E-state index is -0.0749. The van der Waals surface area contributed by atoms with Crippen molar-refractivity contribution in [3.8, 4) is 10.6 Å². The maximum absolute atomic E-state index is 12.8. The van der Waals surface area contributed by atoms with Gasteiger partial charge in [0, 0.05) is 21.7 Å². The fourth-order valence-electron chi connectivity index (χ4n) is 2.99. The molecule has 1 aromatic carbocycles. The fourth-order valence-corrected chi connectivity index (χ4v) is 4.19. The van der Waals surface area contributed by atoms with Crippen LogP contribution >= 0.6 is 33.9 Å². The van der Waals surface area contributed by atoms with E-state index in [1.54, 1.807) is 4.52 Å². The highest BCUT2D eigenvalue weighted by atomic mass is 127. The Bertz CT molecular complexity index is 888. The number of fused-ring (bicyclic) bond motifs is 1. The van der Waals surface area contributed by atoms with Gasteiger partial charge in [-0.1, -0.05) is 23.5 Å². The van der Waals surface area contributed by atoms with E-state index < -0.39 is 0 Å². The van der Waals surface area contributed by atoms with Crippen LogP contribution in [0.1, 0.15) is 36.8 Å². The monoisotopic (exact) mass is 453 g/mol. The summed E-state index contributed by atoms with van der Waals surface area (Å²) in [6, 6.07) is 8.39. The molecule has 0 unspecified atom stereocenters. The average molecular weight is 453 g/mol. The summed E-state index contributed by atoms with van der Waals surface area (Å²) in [7, 11) is 0. The van der Waals surface area contributed by atoms with Crippen LogP contribution in [0.2, 0.25) is 0 Å². The van der Waals surface area contributed by atoms with Gasteiger partial charge in [-0.25, -0.2) is 0 Å². The number of hydrogen-bond donors (Lipinski definition) is 0. The van der Waals surface area contributed by atoms with Gasteiger partial charge in [-0.3, -0.25) is 4.79 Å². The Hall–Kier alpha value is -1.55. The summed E-state index contributed by atoms with van der Waals surface area (Å²) < 4.78 is 2.76. The van der Waals surface area contributed by atoms with Crippen LogP contribution in [0, 0.1) is 3.57 Å². The SMILES string of the molecule is C[C@@H]1CCCCN1C(=O)c1nnc2sc(-c3ccc(I)cc3)nn12. The molecule has 2 aromatic heterocycles. The van der Waals surface area contributed by atoms with Crippen molar-refractivity contribution in [1.82, 2.24) is 24.7 Å². The molecule has 0 aliphatic carbocycles. The first-order valence-electron chi connectivity index (χ1n) is 7.92. The van der Waals surface area contributed by atoms with Crippen LogP contribution in [0.25, 0.3) is 15.5 Å². The molecule has 1 fully saturated rings. The minimum Gasteiger partial charge on any atom is -0.333 e. The zero-order chi connectivity index (χ0) is 16.7. The van der Waals surface area contributed by atoms with E-state index >= 15 is 0 Å². The molecule has 0 bridgehead atoms. The summed E-state index contributed by atoms with van der Waals surface area (Å²) in [5.74, 6) is 0.237. The molecule has 1 amide bonds. The molecule has 1 aliphatic heterocycles. The van der Waals surface area contributed by atoms with Gasteiger partial charge >= 0.3 is 0 Å². The number of nitrogens with zero attached hydrogens (tertiary/aromatic N) is 5. The Morgan fingerprint density at radius 2 is 2.04 bits per heavy atom. The summed E-state index contributed by atoms with van der Waals surface area (Å²) >= 11 is 3.72. The first kappa shape index (κ1) is 15.9. The molecule has 6 nitrogen and oxygen atoms in total. The topological polar surface area (TPSA) is 63.4 Å². The van der Waals surface area contributed by atoms with Crippen LogP contribution in [0.3, 0.4) is 0 Å². The van der Waals surface area contributed by atoms with Crippen molar-refractivity contribution >= 4 is 44.8 Å². The van der Waals surface area contributed by atoms with E-state index in [-0.39, 0.29) is 11.9 Å². The Labute approximate surface area is 157 Å². The predicted molar refractivity (Wildman–Crippen MR) is 101 cm³/mol. The van der Waals surface area contributed by atoms with Crippen molar-refractivity contribution in [3.05, 3.63) is 33.7 Å². The maximum atomic E-state index is 12.8. The third-order valence-electron chi connectivity index (χ3n) is 4.34. The van der Waals surface area contributed by atoms with Crippen molar-refractivity contribution in [2.24, 2.45) is 0 Å². The van der Waals surface area contributed by atoms with Gasteiger partial charge in [0.15, 0.2) is 0 Å². The van der Waals surface area contributed by atoms with Gasteiger partial charge in [0.2, 0.25) is 10.8 Å². The number of piperidine rings is 1. The molecule has 0 spiro atoms. The van der Waals surface area contributed by atoms with Gasteiger partial charge in [-0.15, -0.1) is 10.2 Å². The maximum Gasteiger partial charge on any atom is 0.293 e. The van der Waals surface area contributed by atoms with E-state index in [1.807, 2.05) is 29.2 Å². The summed E-state index contributed by atoms with van der Waals surface area (Å²) in [5.41, 5.74) is 1.02. The molecule has 1 aliphatic rings. The summed E-state index contributed by atoms with van der Waals surface area (Å²) in [6.45, 7) is 2.87. The Morgan fingerprint density at radius 1 is 1.25 bits per heavy atom. The smallest absolute Gasteiger partial charge is 0.293 e. The third-order valence-corrected chi connectivity index (χ3v) is 6.00. The number of rotatable bonds is 2. The number of carbonyl (C=O) groups excluding carboxylic acids is 1. The first-order chi connectivity index (χ1) is 11.6. The molecular formula is C16H16IN5OS. The molecule has 3 aromatic rings. The van der Waals surface area contributed by atoms with E-state index in [4.69, 9.17) is 0 Å². The number of carbonyl (C=O) groups is 1. The van der Waals surface area contributed by atoms with E-state index in [0.717, 1.165) is 30.0 Å². The molecular weight excluding hydrogens is 437 g/mol. The van der Waals surface area contributed by atoms with E-state index in [2.05, 4.69) is 44.8 Å². The van der Waals surface area contributed by atoms with Crippen LogP contribution in [0.15, 0.2) is 24.3 Å². The Morgan fingerprint density at radius 3 is 2.79 bits per heavy atom. The minimum absolute atomic E-state index is 0.0749. The molecule has 0 saturated carbocycles. The number of benzene rings is 1. The Kier molecular flexibility index (Phi) is 4.25. The highest BCUT2D eigenvalue weighted by molar-refractivity contribution is 14.1. The molecule has 4 rings (SSSR count). The lowest BCUT2D eigenvalue weighted by Gasteiger charge is -2.32. The molecule has 0 N–H and O–H groups in total. The molecule has 24 heavy (non-hydrogen) atoms. The normalized spacial score (nSPS) is 18.2. The first-order valence-corrected chi connectivity index (χ1v) is 9.82. The van der Waals surface area contributed by atoms with Gasteiger partial charge in [-0.2, -0.15) is 9.61 Å². The second-order valence-electron chi connectivity index (χ2n) is 5.98. The van der Waals surface area contributed by atoms with Crippen molar-refractivity contribution < 1.29 is 4.79 Å². The standard InChI is InChI=1S/C16H16IN5OS/c1-10-4-2-3-9-21(10)15(23)13-18-19-16-22(13)20-14(24-16)11-5-7-12(17)8-6-11/h5-8,10H,2-4,9H2,1H3/t10-/m1/s1. The van der Waals surface area contributed by atoms with Crippen LogP contribution in [-0.2, 0) is 0 Å². The largest absolute Gasteiger partial charge is 0.333 e. The summed E-state index contributed by atoms with van der Waals surface area (Å²) in [6.07, 6.45) is 3.26. The quantitative estimate of drug-likeness (QED) is 0.558. The van der Waals surface area contributed by atoms with Crippen LogP contribution in [-0.4, -0.2) is 43.2 Å². The number of aromatic nitrogens is 4. The van der Waals surface area contributed by atoms with Crippen LogP contribution in [0.5, 0.6) is 0 Å². The van der Waals surface area contributed by atoms with Gasteiger partial charge in [0.05, 0.1) is 0 Å². The third kappa shape index (κ3) is 2.81. The number of hydrogen-bond acceptors (Lipinski definition) is 5. The van der Waals surface area contributed by atoms with Crippen LogP contribution < -0.4 is 0 Å². The van der Waals surface area contributed by atoms with Crippen molar-refractivity contribution in [2.75, 3.05) is 6.54 Å². The molecule has 124 valence electrons. The molecule has 0 radical (unpaired) electrons. The molecule has 8 heteroatoms. The van der Waals surface area contributed by atoms with Crippen molar-refractivity contribution in [3.63, 3.8) is 0 Å². The number of amides is 1. The number of likely N-dealkylation sites (tertiary alicyclic amines) is 1. The lowest BCUT2D eigenvalue weighted by Crippen LogP contribution is -2.42. The molecule has 1 atom stereocenters. The van der Waals surface area contributed by atoms with Gasteiger partial charge in [0.25, 0.3) is 5.91 Å². The summed E-state index contributed by atoms with van der Waals surface area (Å²) in [5, 5.41) is 13.6. The lowest BCUT2D eigenvalue weighted by atomic mass is 10.0. The average Bonchev–Trinajstić information content (AvgIpc) is 3.16. The van der Waals surface area contributed by atoms with E-state index in [1.165, 1.54) is 21.3 Å². The zero-order valence-electron chi connectivity index (χ0n) is 13.1. The van der Waals surface area contributed by atoms with Crippen LogP contribution in [0.4, 0.5) is 0 Å². The summed E-state index contributed by atoms with van der Waals surface area (Å²) in [4.78, 5) is 15.4. The Balaban J connectivity index is 1.69. The van der Waals surface area contributed by atoms with Crippen molar-refractivity contribution in [1.29, 1.82) is 0 Å². The molecule has 1 saturated heterocycles. The molecule has 3 heterocycles. The van der Waals surface area contributed by atoms with Gasteiger partial charge in [-0.05, 0) is 60.9 Å². The van der Waals surface area contributed by atoms with E-state index in [0.29, 0.717) is 10.8 Å².